The van der Waals surface area contributed by atoms with Gasteiger partial charge in [0.1, 0.15) is 11.4 Å². The molecular formula is C20H13ClF13NO5. The number of alkyl halides is 13. The van der Waals surface area contributed by atoms with Gasteiger partial charge >= 0.3 is 41.8 Å². The minimum Gasteiger partial charge on any atom is -0.465 e. The van der Waals surface area contributed by atoms with Crippen LogP contribution in [0, 0.1) is 10.1 Å². The lowest BCUT2D eigenvalue weighted by Crippen LogP contribution is -2.70. The smallest absolute Gasteiger partial charge is 0.460 e. The van der Waals surface area contributed by atoms with E-state index in [1.165, 1.54) is 12.1 Å². The monoisotopic (exact) mass is 629 g/mol. The highest BCUT2D eigenvalue weighted by atomic mass is 35.5. The Hall–Kier alpha value is -3.12. The number of rotatable bonds is 13. The normalized spacial score (nSPS) is 13.9. The van der Waals surface area contributed by atoms with Gasteiger partial charge in [0.2, 0.25) is 0 Å². The van der Waals surface area contributed by atoms with Gasteiger partial charge < -0.3 is 4.74 Å². The van der Waals surface area contributed by atoms with Crippen LogP contribution in [-0.4, -0.2) is 59.1 Å². The van der Waals surface area contributed by atoms with Crippen LogP contribution in [0.3, 0.4) is 0 Å². The molecule has 0 saturated heterocycles. The van der Waals surface area contributed by atoms with E-state index < -0.39 is 84.0 Å². The van der Waals surface area contributed by atoms with Crippen molar-refractivity contribution in [2.75, 3.05) is 6.61 Å². The van der Waals surface area contributed by atoms with Crippen LogP contribution in [0.4, 0.5) is 62.8 Å². The molecule has 1 rings (SSSR count). The highest BCUT2D eigenvalue weighted by Crippen LogP contribution is 2.60. The van der Waals surface area contributed by atoms with Crippen LogP contribution in [0.2, 0.25) is 5.02 Å². The number of ether oxygens (including phenoxy) is 1. The molecule has 0 radical (unpaired) electrons. The van der Waals surface area contributed by atoms with Crippen molar-refractivity contribution in [3.8, 4) is 0 Å². The zero-order valence-corrected chi connectivity index (χ0v) is 19.8. The zero-order chi connectivity index (χ0) is 31.5. The molecule has 0 aliphatic heterocycles. The van der Waals surface area contributed by atoms with Crippen molar-refractivity contribution in [3.63, 3.8) is 0 Å². The third-order valence-electron chi connectivity index (χ3n) is 4.87. The summed E-state index contributed by atoms with van der Waals surface area (Å²) in [6.07, 6.45) is -11.1. The van der Waals surface area contributed by atoms with Crippen LogP contribution in [0.15, 0.2) is 24.3 Å². The maximum absolute atomic E-state index is 13.7. The molecule has 20 heteroatoms. The number of nitro groups is 1. The van der Waals surface area contributed by atoms with E-state index in [4.69, 9.17) is 11.6 Å². The van der Waals surface area contributed by atoms with Crippen molar-refractivity contribution >= 4 is 35.1 Å². The maximum atomic E-state index is 13.7. The van der Waals surface area contributed by atoms with Crippen molar-refractivity contribution in [2.45, 2.75) is 55.1 Å². The molecule has 0 aliphatic carbocycles. The first-order valence-electron chi connectivity index (χ1n) is 10.1. The second-order valence-electron chi connectivity index (χ2n) is 7.74. The van der Waals surface area contributed by atoms with Gasteiger partial charge in [-0.1, -0.05) is 23.7 Å². The number of benzene rings is 1. The molecule has 0 amide bonds. The van der Waals surface area contributed by atoms with Gasteiger partial charge in [0.05, 0.1) is 11.5 Å². The molecular weight excluding hydrogens is 617 g/mol. The van der Waals surface area contributed by atoms with Gasteiger partial charge in [-0.3, -0.25) is 19.7 Å². The Balaban J connectivity index is 2.80. The molecule has 0 N–H and O–H groups in total. The van der Waals surface area contributed by atoms with E-state index in [1.807, 2.05) is 0 Å². The quantitative estimate of drug-likeness (QED) is 0.0435. The minimum atomic E-state index is -8.01. The summed E-state index contributed by atoms with van der Waals surface area (Å²) in [5.74, 6) is -40.1. The van der Waals surface area contributed by atoms with Crippen LogP contribution in [-0.2, 0) is 14.3 Å². The fourth-order valence-corrected chi connectivity index (χ4v) is 2.94. The number of hydrogen-bond acceptors (Lipinski definition) is 5. The molecule has 0 bridgehead atoms. The van der Waals surface area contributed by atoms with Gasteiger partial charge in [-0.15, -0.1) is 0 Å². The SMILES string of the molecule is O=C(C=Cc1cccc([N+](=O)[O-])c1Cl)CC(=O)OCCCC(F)(F)C(F)(F)C(F)(F)C(F)(F)C(F)(F)C(F)(F)F. The molecule has 226 valence electrons. The van der Waals surface area contributed by atoms with Crippen LogP contribution in [0.1, 0.15) is 24.8 Å². The number of nitrogens with zero attached hydrogens (tertiary/aromatic N) is 1. The van der Waals surface area contributed by atoms with Crippen LogP contribution in [0.5, 0.6) is 0 Å². The van der Waals surface area contributed by atoms with Crippen molar-refractivity contribution in [2.24, 2.45) is 0 Å². The summed E-state index contributed by atoms with van der Waals surface area (Å²) in [7, 11) is 0. The Bertz CT molecular complexity index is 1150. The van der Waals surface area contributed by atoms with Crippen molar-refractivity contribution in [3.05, 3.63) is 45.0 Å². The minimum absolute atomic E-state index is 0.0453. The standard InChI is InChI=1S/C20H13ClF13NO5/c21-14-10(3-1-4-12(14)35(38)39)5-6-11(36)9-13(37)40-8-2-7-15(22,23)16(24,25)17(26,27)18(28,29)19(30,31)20(32,33)34/h1,3-6H,2,7-9H2. The predicted octanol–water partition coefficient (Wildman–Crippen LogP) is 7.28. The fourth-order valence-electron chi connectivity index (χ4n) is 2.68. The molecule has 0 aliphatic rings. The molecule has 0 saturated carbocycles. The lowest BCUT2D eigenvalue weighted by Gasteiger charge is -2.39. The van der Waals surface area contributed by atoms with Gasteiger partial charge in [0.15, 0.2) is 5.78 Å². The number of carbonyl (C=O) groups is 2. The Morgan fingerprint density at radius 2 is 1.40 bits per heavy atom. The number of nitro benzene ring substituents is 1. The summed E-state index contributed by atoms with van der Waals surface area (Å²) in [4.78, 5) is 33.3. The van der Waals surface area contributed by atoms with E-state index in [0.29, 0.717) is 6.08 Å². The second kappa shape index (κ2) is 11.8. The van der Waals surface area contributed by atoms with Crippen LogP contribution < -0.4 is 0 Å². The number of allylic oxidation sites excluding steroid dienone is 1. The van der Waals surface area contributed by atoms with Crippen LogP contribution >= 0.6 is 11.6 Å². The third kappa shape index (κ3) is 6.77. The maximum Gasteiger partial charge on any atom is 0.460 e. The van der Waals surface area contributed by atoms with Crippen LogP contribution in [0.25, 0.3) is 6.08 Å². The van der Waals surface area contributed by atoms with Gasteiger partial charge in [-0.05, 0) is 18.6 Å². The summed E-state index contributed by atoms with van der Waals surface area (Å²) < 4.78 is 174. The molecule has 0 heterocycles. The summed E-state index contributed by atoms with van der Waals surface area (Å²) in [5, 5.41) is 10.4. The summed E-state index contributed by atoms with van der Waals surface area (Å²) in [6, 6.07) is 3.46. The van der Waals surface area contributed by atoms with E-state index >= 15 is 0 Å². The van der Waals surface area contributed by atoms with E-state index in [9.17, 15) is 76.8 Å². The Kier molecular flexibility index (Phi) is 10.3. The predicted molar refractivity (Wildman–Crippen MR) is 108 cm³/mol. The van der Waals surface area contributed by atoms with E-state index in [-0.39, 0.29) is 10.6 Å². The number of carbonyl (C=O) groups excluding carboxylic acids is 2. The van der Waals surface area contributed by atoms with E-state index in [2.05, 4.69) is 4.74 Å². The highest BCUT2D eigenvalue weighted by Gasteiger charge is 2.90. The molecule has 0 aromatic heterocycles. The fraction of sp³-hybridized carbons (Fsp3) is 0.500. The first kappa shape index (κ1) is 34.9. The summed E-state index contributed by atoms with van der Waals surface area (Å²) in [5.41, 5.74) is -0.579. The number of ketones is 1. The second-order valence-corrected chi connectivity index (χ2v) is 8.12. The van der Waals surface area contributed by atoms with Crippen molar-refractivity contribution in [1.29, 1.82) is 0 Å². The van der Waals surface area contributed by atoms with E-state index in [0.717, 1.165) is 12.1 Å². The zero-order valence-electron chi connectivity index (χ0n) is 19.0. The van der Waals surface area contributed by atoms with Gasteiger partial charge in [0.25, 0.3) is 5.69 Å². The molecule has 0 fully saturated rings. The Morgan fingerprint density at radius 1 is 0.875 bits per heavy atom. The highest BCUT2D eigenvalue weighted by molar-refractivity contribution is 6.34. The average molecular weight is 630 g/mol. The van der Waals surface area contributed by atoms with Crippen molar-refractivity contribution < 1.29 is 76.3 Å². The molecule has 40 heavy (non-hydrogen) atoms. The van der Waals surface area contributed by atoms with Crippen molar-refractivity contribution in [1.82, 2.24) is 0 Å². The first-order valence-corrected chi connectivity index (χ1v) is 10.5. The topological polar surface area (TPSA) is 86.5 Å². The number of hydrogen-bond donors (Lipinski definition) is 0. The summed E-state index contributed by atoms with van der Waals surface area (Å²) in [6.45, 7) is -1.33. The number of halogens is 14. The van der Waals surface area contributed by atoms with Gasteiger partial charge in [0, 0.05) is 18.1 Å². The third-order valence-corrected chi connectivity index (χ3v) is 5.28. The molecule has 1 aromatic rings. The lowest BCUT2D eigenvalue weighted by molar-refractivity contribution is -0.440. The van der Waals surface area contributed by atoms with Gasteiger partial charge in [-0.2, -0.15) is 57.1 Å². The first-order chi connectivity index (χ1) is 17.8. The molecule has 1 aromatic carbocycles. The average Bonchev–Trinajstić information content (AvgIpc) is 2.79. The summed E-state index contributed by atoms with van der Waals surface area (Å²) >= 11 is 5.76. The number of esters is 1. The Labute approximate surface area is 218 Å². The lowest BCUT2D eigenvalue weighted by atomic mass is 9.92. The molecule has 0 unspecified atom stereocenters. The largest absolute Gasteiger partial charge is 0.465 e. The van der Waals surface area contributed by atoms with E-state index in [1.54, 1.807) is 0 Å². The molecule has 0 atom stereocenters. The molecule has 6 nitrogen and oxygen atoms in total. The Morgan fingerprint density at radius 3 is 1.90 bits per heavy atom. The van der Waals surface area contributed by atoms with Gasteiger partial charge in [-0.25, -0.2) is 0 Å². The molecule has 0 spiro atoms.